The molecule has 5 nitrogen and oxygen atoms in total. The van der Waals surface area contributed by atoms with E-state index >= 15 is 0 Å². The summed E-state index contributed by atoms with van der Waals surface area (Å²) in [6, 6.07) is 8.40. The minimum atomic E-state index is -0.498. The maximum absolute atomic E-state index is 11.7. The molecule has 2 N–H and O–H groups in total. The molecule has 0 atom stereocenters. The second-order valence-corrected chi connectivity index (χ2v) is 3.98. The lowest BCUT2D eigenvalue weighted by atomic mass is 10.2. The highest BCUT2D eigenvalue weighted by molar-refractivity contribution is 5.93. The van der Waals surface area contributed by atoms with E-state index in [0.29, 0.717) is 17.2 Å². The molecule has 0 saturated carbocycles. The Morgan fingerprint density at radius 1 is 1.26 bits per heavy atom. The average Bonchev–Trinajstić information content (AvgIpc) is 2.42. The van der Waals surface area contributed by atoms with Crippen LogP contribution >= 0.6 is 0 Å². The van der Waals surface area contributed by atoms with Gasteiger partial charge in [0.1, 0.15) is 17.1 Å². The molecular formula is C14H14N2O3. The van der Waals surface area contributed by atoms with Crippen LogP contribution in [0.3, 0.4) is 0 Å². The van der Waals surface area contributed by atoms with Crippen molar-refractivity contribution in [1.29, 1.82) is 0 Å². The van der Waals surface area contributed by atoms with Gasteiger partial charge >= 0.3 is 5.97 Å². The van der Waals surface area contributed by atoms with Crippen LogP contribution < -0.4 is 10.5 Å². The summed E-state index contributed by atoms with van der Waals surface area (Å²) in [4.78, 5) is 15.8. The van der Waals surface area contributed by atoms with Gasteiger partial charge < -0.3 is 15.2 Å². The Labute approximate surface area is 111 Å². The molecule has 1 aromatic carbocycles. The molecule has 0 saturated heterocycles. The maximum atomic E-state index is 11.7. The molecule has 2 rings (SSSR count). The number of nitrogen functional groups attached to an aromatic ring is 1. The molecule has 0 aliphatic heterocycles. The van der Waals surface area contributed by atoms with Gasteiger partial charge in [0.25, 0.3) is 0 Å². The minimum Gasteiger partial charge on any atom is -0.465 e. The number of benzene rings is 1. The summed E-state index contributed by atoms with van der Waals surface area (Å²) < 4.78 is 10.3. The van der Waals surface area contributed by atoms with Crippen molar-refractivity contribution in [3.8, 4) is 11.5 Å². The van der Waals surface area contributed by atoms with Gasteiger partial charge in [0.15, 0.2) is 0 Å². The number of anilines is 1. The third-order valence-corrected chi connectivity index (χ3v) is 2.52. The number of pyridine rings is 1. The van der Waals surface area contributed by atoms with Crippen LogP contribution in [0.25, 0.3) is 0 Å². The van der Waals surface area contributed by atoms with Crippen LogP contribution in [0, 0.1) is 6.92 Å². The molecule has 5 heteroatoms. The first-order valence-electron chi connectivity index (χ1n) is 5.68. The van der Waals surface area contributed by atoms with E-state index in [0.717, 1.165) is 5.69 Å². The number of aromatic nitrogens is 1. The molecule has 2 aromatic rings. The van der Waals surface area contributed by atoms with Crippen molar-refractivity contribution in [3.63, 3.8) is 0 Å². The lowest BCUT2D eigenvalue weighted by Crippen LogP contribution is -2.04. The van der Waals surface area contributed by atoms with Crippen molar-refractivity contribution in [2.45, 2.75) is 6.92 Å². The third kappa shape index (κ3) is 3.01. The predicted molar refractivity (Wildman–Crippen MR) is 71.2 cm³/mol. The van der Waals surface area contributed by atoms with Crippen LogP contribution in [-0.2, 0) is 4.74 Å². The number of ether oxygens (including phenoxy) is 2. The van der Waals surface area contributed by atoms with Crippen molar-refractivity contribution in [2.75, 3.05) is 12.8 Å². The van der Waals surface area contributed by atoms with Crippen molar-refractivity contribution < 1.29 is 14.3 Å². The molecule has 0 bridgehead atoms. The number of carbonyl (C=O) groups excluding carboxylic acids is 1. The first-order valence-corrected chi connectivity index (χ1v) is 5.68. The Morgan fingerprint density at radius 3 is 2.68 bits per heavy atom. The van der Waals surface area contributed by atoms with Gasteiger partial charge in [-0.1, -0.05) is 0 Å². The van der Waals surface area contributed by atoms with Gasteiger partial charge in [-0.25, -0.2) is 4.79 Å². The van der Waals surface area contributed by atoms with E-state index < -0.39 is 5.97 Å². The van der Waals surface area contributed by atoms with Gasteiger partial charge in [-0.3, -0.25) is 4.98 Å². The van der Waals surface area contributed by atoms with E-state index in [1.54, 1.807) is 24.4 Å². The Morgan fingerprint density at radius 2 is 2.05 bits per heavy atom. The summed E-state index contributed by atoms with van der Waals surface area (Å²) in [5.74, 6) is 0.426. The van der Waals surface area contributed by atoms with Gasteiger partial charge in [0, 0.05) is 11.4 Å². The van der Waals surface area contributed by atoms with Gasteiger partial charge in [-0.15, -0.1) is 0 Å². The molecule has 0 aliphatic rings. The number of carbonyl (C=O) groups is 1. The Bertz CT molecular complexity index is 594. The van der Waals surface area contributed by atoms with E-state index in [2.05, 4.69) is 4.98 Å². The highest BCUT2D eigenvalue weighted by Gasteiger charge is 2.14. The first kappa shape index (κ1) is 12.9. The fourth-order valence-electron chi connectivity index (χ4n) is 1.55. The van der Waals surface area contributed by atoms with E-state index in [4.69, 9.17) is 15.2 Å². The number of hydrogen-bond donors (Lipinski definition) is 1. The quantitative estimate of drug-likeness (QED) is 0.676. The average molecular weight is 258 g/mol. The predicted octanol–water partition coefficient (Wildman–Crippen LogP) is 2.55. The Kier molecular flexibility index (Phi) is 3.66. The molecule has 0 aliphatic carbocycles. The van der Waals surface area contributed by atoms with E-state index in [1.807, 2.05) is 13.0 Å². The highest BCUT2D eigenvalue weighted by atomic mass is 16.5. The van der Waals surface area contributed by atoms with Crippen LogP contribution in [-0.4, -0.2) is 18.1 Å². The van der Waals surface area contributed by atoms with E-state index in [9.17, 15) is 4.79 Å². The topological polar surface area (TPSA) is 74.4 Å². The standard InChI is InChI=1S/C14H14N2O3/c1-9-3-5-11(8-16-9)19-13-6-4-10(15)7-12(13)14(17)18-2/h3-8H,15H2,1-2H3. The number of hydrogen-bond acceptors (Lipinski definition) is 5. The number of nitrogens with zero attached hydrogens (tertiary/aromatic N) is 1. The number of rotatable bonds is 3. The van der Waals surface area contributed by atoms with Gasteiger partial charge in [0.05, 0.1) is 13.3 Å². The van der Waals surface area contributed by atoms with Gasteiger partial charge in [-0.05, 0) is 37.3 Å². The summed E-state index contributed by atoms with van der Waals surface area (Å²) in [5, 5.41) is 0. The second-order valence-electron chi connectivity index (χ2n) is 3.98. The number of aryl methyl sites for hydroxylation is 1. The monoisotopic (exact) mass is 258 g/mol. The lowest BCUT2D eigenvalue weighted by Gasteiger charge is -2.10. The molecule has 0 unspecified atom stereocenters. The number of nitrogens with two attached hydrogens (primary N) is 1. The zero-order valence-corrected chi connectivity index (χ0v) is 10.7. The normalized spacial score (nSPS) is 10.0. The SMILES string of the molecule is COC(=O)c1cc(N)ccc1Oc1ccc(C)nc1. The van der Waals surface area contributed by atoms with Crippen molar-refractivity contribution in [2.24, 2.45) is 0 Å². The lowest BCUT2D eigenvalue weighted by molar-refractivity contribution is 0.0598. The summed E-state index contributed by atoms with van der Waals surface area (Å²) in [7, 11) is 1.31. The number of esters is 1. The van der Waals surface area contributed by atoms with Crippen molar-refractivity contribution in [3.05, 3.63) is 47.8 Å². The molecule has 98 valence electrons. The fraction of sp³-hybridized carbons (Fsp3) is 0.143. The molecule has 0 radical (unpaired) electrons. The summed E-state index contributed by atoms with van der Waals surface area (Å²) >= 11 is 0. The second kappa shape index (κ2) is 5.39. The Balaban J connectivity index is 2.34. The van der Waals surface area contributed by atoms with Crippen molar-refractivity contribution in [1.82, 2.24) is 4.98 Å². The van der Waals surface area contributed by atoms with Crippen LogP contribution in [0.5, 0.6) is 11.5 Å². The van der Waals surface area contributed by atoms with Crippen LogP contribution in [0.4, 0.5) is 5.69 Å². The summed E-state index contributed by atoms with van der Waals surface area (Å²) in [5.41, 5.74) is 7.29. The molecule has 19 heavy (non-hydrogen) atoms. The summed E-state index contributed by atoms with van der Waals surface area (Å²) in [6.07, 6.45) is 1.59. The van der Waals surface area contributed by atoms with E-state index in [1.165, 1.54) is 13.2 Å². The largest absolute Gasteiger partial charge is 0.465 e. The fourth-order valence-corrected chi connectivity index (χ4v) is 1.55. The van der Waals surface area contributed by atoms with Crippen LogP contribution in [0.1, 0.15) is 16.1 Å². The maximum Gasteiger partial charge on any atom is 0.341 e. The van der Waals surface area contributed by atoms with Gasteiger partial charge in [-0.2, -0.15) is 0 Å². The third-order valence-electron chi connectivity index (χ3n) is 2.52. The molecule has 1 heterocycles. The smallest absolute Gasteiger partial charge is 0.341 e. The minimum absolute atomic E-state index is 0.281. The Hall–Kier alpha value is -2.56. The molecule has 0 amide bonds. The zero-order valence-electron chi connectivity index (χ0n) is 10.7. The molecule has 1 aromatic heterocycles. The van der Waals surface area contributed by atoms with Crippen LogP contribution in [0.2, 0.25) is 0 Å². The summed E-state index contributed by atoms with van der Waals surface area (Å²) in [6.45, 7) is 1.88. The van der Waals surface area contributed by atoms with Gasteiger partial charge in [0.2, 0.25) is 0 Å². The molecule has 0 spiro atoms. The number of methoxy groups -OCH3 is 1. The highest BCUT2D eigenvalue weighted by Crippen LogP contribution is 2.27. The molecule has 0 fully saturated rings. The zero-order chi connectivity index (χ0) is 13.8. The van der Waals surface area contributed by atoms with E-state index in [-0.39, 0.29) is 5.56 Å². The van der Waals surface area contributed by atoms with Crippen LogP contribution in [0.15, 0.2) is 36.5 Å². The molecular weight excluding hydrogens is 244 g/mol. The van der Waals surface area contributed by atoms with Crippen molar-refractivity contribution >= 4 is 11.7 Å². The first-order chi connectivity index (χ1) is 9.10.